The number of benzene rings is 1. The van der Waals surface area contributed by atoms with Gasteiger partial charge in [0.25, 0.3) is 0 Å². The minimum Gasteiger partial charge on any atom is -0.466 e. The number of hydrogen-bond donors (Lipinski definition) is 1. The summed E-state index contributed by atoms with van der Waals surface area (Å²) in [6, 6.07) is 9.25. The summed E-state index contributed by atoms with van der Waals surface area (Å²) in [6.07, 6.45) is 0.174. The van der Waals surface area contributed by atoms with E-state index in [2.05, 4.69) is 10.3 Å². The third-order valence-corrected chi connectivity index (χ3v) is 4.84. The number of aromatic nitrogens is 1. The van der Waals surface area contributed by atoms with Gasteiger partial charge in [-0.15, -0.1) is 11.3 Å². The second-order valence-electron chi connectivity index (χ2n) is 6.18. The van der Waals surface area contributed by atoms with Crippen LogP contribution in [0, 0.1) is 20.8 Å². The van der Waals surface area contributed by atoms with E-state index in [-0.39, 0.29) is 18.9 Å². The average Bonchev–Trinajstić information content (AvgIpc) is 3.20. The number of aryl methyl sites for hydroxylation is 3. The van der Waals surface area contributed by atoms with Gasteiger partial charge in [0.15, 0.2) is 0 Å². The highest BCUT2D eigenvalue weighted by molar-refractivity contribution is 7.09. The Bertz CT molecular complexity index is 974. The molecule has 0 saturated carbocycles. The lowest BCUT2D eigenvalue weighted by Gasteiger charge is -2.06. The normalized spacial score (nSPS) is 10.6. The zero-order valence-corrected chi connectivity index (χ0v) is 16.2. The van der Waals surface area contributed by atoms with Crippen LogP contribution in [0.4, 0.5) is 5.69 Å². The predicted octanol–water partition coefficient (Wildman–Crippen LogP) is 4.20. The lowest BCUT2D eigenvalue weighted by Crippen LogP contribution is -2.15. The Morgan fingerprint density at radius 1 is 1.22 bits per heavy atom. The average molecular weight is 384 g/mol. The summed E-state index contributed by atoms with van der Waals surface area (Å²) in [5.41, 5.74) is 2.83. The van der Waals surface area contributed by atoms with Crippen LogP contribution in [0.2, 0.25) is 0 Å². The van der Waals surface area contributed by atoms with Crippen LogP contribution in [0.5, 0.6) is 0 Å². The molecular weight excluding hydrogens is 364 g/mol. The van der Waals surface area contributed by atoms with Crippen molar-refractivity contribution < 1.29 is 18.7 Å². The summed E-state index contributed by atoms with van der Waals surface area (Å²) in [6.45, 7) is 5.49. The number of esters is 1. The van der Waals surface area contributed by atoms with Crippen LogP contribution < -0.4 is 5.32 Å². The smallest absolute Gasteiger partial charge is 0.342 e. The number of carbonyl (C=O) groups is 2. The van der Waals surface area contributed by atoms with E-state index in [4.69, 9.17) is 9.15 Å². The maximum absolute atomic E-state index is 12.2. The van der Waals surface area contributed by atoms with E-state index in [0.717, 1.165) is 11.3 Å². The fourth-order valence-corrected chi connectivity index (χ4v) is 3.37. The minimum atomic E-state index is -0.448. The van der Waals surface area contributed by atoms with Crippen molar-refractivity contribution in [2.45, 2.75) is 33.8 Å². The van der Waals surface area contributed by atoms with Crippen molar-refractivity contribution in [3.63, 3.8) is 0 Å². The molecular formula is C20H20N2O4S. The molecule has 27 heavy (non-hydrogen) atoms. The number of nitrogens with one attached hydrogen (secondary N) is 1. The quantitative estimate of drug-likeness (QED) is 0.644. The molecule has 3 aromatic rings. The van der Waals surface area contributed by atoms with Gasteiger partial charge in [-0.05, 0) is 38.5 Å². The maximum Gasteiger partial charge on any atom is 0.342 e. The Morgan fingerprint density at radius 3 is 2.70 bits per heavy atom. The van der Waals surface area contributed by atoms with E-state index in [9.17, 15) is 9.59 Å². The summed E-state index contributed by atoms with van der Waals surface area (Å²) >= 11 is 1.37. The fourth-order valence-electron chi connectivity index (χ4n) is 2.59. The number of nitrogens with zero attached hydrogens (tertiary/aromatic N) is 1. The Labute approximate surface area is 161 Å². The Morgan fingerprint density at radius 2 is 2.00 bits per heavy atom. The SMILES string of the molecule is Cc1cc(C(=O)OCc2csc(CC(=O)Nc3ccccc3C)n2)c(C)o1. The molecule has 0 radical (unpaired) electrons. The maximum atomic E-state index is 12.2. The van der Waals surface area contributed by atoms with Crippen molar-refractivity contribution in [2.24, 2.45) is 0 Å². The third kappa shape index (κ3) is 4.83. The molecule has 0 aliphatic rings. The molecule has 1 amide bonds. The van der Waals surface area contributed by atoms with Gasteiger partial charge < -0.3 is 14.5 Å². The van der Waals surface area contributed by atoms with Gasteiger partial charge in [-0.25, -0.2) is 9.78 Å². The van der Waals surface area contributed by atoms with Gasteiger partial charge in [-0.3, -0.25) is 4.79 Å². The summed E-state index contributed by atoms with van der Waals surface area (Å²) in [7, 11) is 0. The lowest BCUT2D eigenvalue weighted by atomic mass is 10.2. The van der Waals surface area contributed by atoms with Crippen molar-refractivity contribution in [1.29, 1.82) is 0 Å². The zero-order chi connectivity index (χ0) is 19.4. The molecule has 0 fully saturated rings. The van der Waals surface area contributed by atoms with Crippen LogP contribution in [0.25, 0.3) is 0 Å². The first-order chi connectivity index (χ1) is 12.9. The van der Waals surface area contributed by atoms with Crippen molar-refractivity contribution in [3.05, 3.63) is 69.1 Å². The van der Waals surface area contributed by atoms with Crippen LogP contribution in [-0.2, 0) is 22.6 Å². The van der Waals surface area contributed by atoms with Crippen LogP contribution in [-0.4, -0.2) is 16.9 Å². The van der Waals surface area contributed by atoms with Gasteiger partial charge >= 0.3 is 5.97 Å². The molecule has 0 aliphatic carbocycles. The number of furan rings is 1. The number of carbonyl (C=O) groups excluding carboxylic acids is 2. The highest BCUT2D eigenvalue weighted by Crippen LogP contribution is 2.18. The first-order valence-corrected chi connectivity index (χ1v) is 9.33. The number of amides is 1. The van der Waals surface area contributed by atoms with Crippen molar-refractivity contribution in [1.82, 2.24) is 4.98 Å². The Kier molecular flexibility index (Phi) is 5.71. The van der Waals surface area contributed by atoms with Gasteiger partial charge in [0.05, 0.1) is 12.1 Å². The molecule has 3 rings (SSSR count). The topological polar surface area (TPSA) is 81.4 Å². The molecule has 1 aromatic carbocycles. The minimum absolute atomic E-state index is 0.0540. The highest BCUT2D eigenvalue weighted by atomic mass is 32.1. The van der Waals surface area contributed by atoms with Crippen molar-refractivity contribution in [3.8, 4) is 0 Å². The summed E-state index contributed by atoms with van der Waals surface area (Å²) < 4.78 is 10.6. The molecule has 6 nitrogen and oxygen atoms in total. The number of hydrogen-bond acceptors (Lipinski definition) is 6. The van der Waals surface area contributed by atoms with Crippen LogP contribution in [0.15, 0.2) is 40.1 Å². The molecule has 7 heteroatoms. The van der Waals surface area contributed by atoms with Crippen molar-refractivity contribution >= 4 is 28.9 Å². The fraction of sp³-hybridized carbons (Fsp3) is 0.250. The zero-order valence-electron chi connectivity index (χ0n) is 15.4. The molecule has 0 atom stereocenters. The van der Waals surface area contributed by atoms with Gasteiger partial charge in [0.2, 0.25) is 5.91 Å². The molecule has 1 N–H and O–H groups in total. The summed E-state index contributed by atoms with van der Waals surface area (Å²) in [5, 5.41) is 5.34. The number of anilines is 1. The van der Waals surface area contributed by atoms with Gasteiger partial charge in [-0.1, -0.05) is 18.2 Å². The predicted molar refractivity (Wildman–Crippen MR) is 103 cm³/mol. The molecule has 0 saturated heterocycles. The second kappa shape index (κ2) is 8.18. The third-order valence-electron chi connectivity index (χ3n) is 3.94. The standard InChI is InChI=1S/C20H20N2O4S/c1-12-6-4-5-7-17(12)22-18(23)9-19-21-15(11-27-19)10-25-20(24)16-8-13(2)26-14(16)3/h4-8,11H,9-10H2,1-3H3,(H,22,23). The van der Waals surface area contributed by atoms with Gasteiger partial charge in [0, 0.05) is 11.1 Å². The summed E-state index contributed by atoms with van der Waals surface area (Å²) in [4.78, 5) is 28.7. The van der Waals surface area contributed by atoms with E-state index in [1.165, 1.54) is 11.3 Å². The first kappa shape index (κ1) is 18.8. The van der Waals surface area contributed by atoms with E-state index in [0.29, 0.717) is 27.8 Å². The highest BCUT2D eigenvalue weighted by Gasteiger charge is 2.16. The molecule has 2 heterocycles. The van der Waals surface area contributed by atoms with Crippen LogP contribution >= 0.6 is 11.3 Å². The molecule has 0 unspecified atom stereocenters. The number of rotatable bonds is 6. The number of ether oxygens (including phenoxy) is 1. The molecule has 0 bridgehead atoms. The molecule has 0 aliphatic heterocycles. The Hall–Kier alpha value is -2.93. The lowest BCUT2D eigenvalue weighted by molar-refractivity contribution is -0.115. The molecule has 0 spiro atoms. The molecule has 2 aromatic heterocycles. The number of thiazole rings is 1. The van der Waals surface area contributed by atoms with E-state index in [1.807, 2.05) is 31.2 Å². The first-order valence-electron chi connectivity index (χ1n) is 8.45. The van der Waals surface area contributed by atoms with E-state index < -0.39 is 5.97 Å². The monoisotopic (exact) mass is 384 g/mol. The van der Waals surface area contributed by atoms with Gasteiger partial charge in [-0.2, -0.15) is 0 Å². The number of para-hydroxylation sites is 1. The van der Waals surface area contributed by atoms with E-state index in [1.54, 1.807) is 25.3 Å². The van der Waals surface area contributed by atoms with Crippen LogP contribution in [0.3, 0.4) is 0 Å². The van der Waals surface area contributed by atoms with E-state index >= 15 is 0 Å². The van der Waals surface area contributed by atoms with Gasteiger partial charge in [0.1, 0.15) is 28.7 Å². The second-order valence-corrected chi connectivity index (χ2v) is 7.12. The Balaban J connectivity index is 1.54. The van der Waals surface area contributed by atoms with Crippen molar-refractivity contribution in [2.75, 3.05) is 5.32 Å². The summed E-state index contributed by atoms with van der Waals surface area (Å²) in [5.74, 6) is 0.613. The van der Waals surface area contributed by atoms with Crippen LogP contribution in [0.1, 0.15) is 38.1 Å². The largest absolute Gasteiger partial charge is 0.466 e. The molecule has 140 valence electrons.